The van der Waals surface area contributed by atoms with Gasteiger partial charge < -0.3 is 25.3 Å². The first-order chi connectivity index (χ1) is 14.5. The Morgan fingerprint density at radius 3 is 1.71 bits per heavy atom. The molecule has 1 aromatic carbocycles. The minimum atomic E-state index is -1.11. The average Bonchev–Trinajstić information content (AvgIpc) is 2.70. The van der Waals surface area contributed by atoms with Crippen molar-refractivity contribution in [3.63, 3.8) is 0 Å². The lowest BCUT2D eigenvalue weighted by molar-refractivity contribution is -0.117. The molecule has 11 heteroatoms. The highest BCUT2D eigenvalue weighted by molar-refractivity contribution is 14.1. The summed E-state index contributed by atoms with van der Waals surface area (Å²) in [7, 11) is 0. The van der Waals surface area contributed by atoms with Crippen LogP contribution in [0.25, 0.3) is 0 Å². The van der Waals surface area contributed by atoms with Gasteiger partial charge in [0.1, 0.15) is 0 Å². The summed E-state index contributed by atoms with van der Waals surface area (Å²) in [4.78, 5) is 40.9. The summed E-state index contributed by atoms with van der Waals surface area (Å²) in [6.45, 7) is 10.0. The lowest BCUT2D eigenvalue weighted by atomic mass is 10.1. The van der Waals surface area contributed by atoms with Crippen LogP contribution < -0.4 is 15.1 Å². The molecule has 8 nitrogen and oxygen atoms in total. The van der Waals surface area contributed by atoms with Gasteiger partial charge in [-0.25, -0.2) is 0 Å². The maximum atomic E-state index is 13.1. The minimum absolute atomic E-state index is 0.149. The third-order valence-electron chi connectivity index (χ3n) is 4.13. The Kier molecular flexibility index (Phi) is 11.9. The van der Waals surface area contributed by atoms with Gasteiger partial charge in [0.05, 0.1) is 40.4 Å². The third-order valence-corrected chi connectivity index (χ3v) is 7.25. The molecule has 0 saturated carbocycles. The predicted molar refractivity (Wildman–Crippen MR) is 146 cm³/mol. The van der Waals surface area contributed by atoms with E-state index in [-0.39, 0.29) is 37.0 Å². The number of carbonyl (C=O) groups is 3. The molecule has 1 atom stereocenters. The summed E-state index contributed by atoms with van der Waals surface area (Å²) in [6, 6.07) is 0. The monoisotopic (exact) mass is 767 g/mol. The lowest BCUT2D eigenvalue weighted by Gasteiger charge is -2.30. The van der Waals surface area contributed by atoms with Crippen LogP contribution in [0.2, 0.25) is 0 Å². The zero-order valence-corrected chi connectivity index (χ0v) is 23.6. The summed E-state index contributed by atoms with van der Waals surface area (Å²) in [5, 5.41) is 21.2. The zero-order valence-electron chi connectivity index (χ0n) is 17.1. The molecule has 0 aliphatic carbocycles. The summed E-state index contributed by atoms with van der Waals surface area (Å²) in [5.41, 5.74) is 1.25. The van der Waals surface area contributed by atoms with Gasteiger partial charge in [-0.2, -0.15) is 0 Å². The molecule has 1 rings (SSSR count). The van der Waals surface area contributed by atoms with E-state index >= 15 is 0 Å². The molecule has 0 saturated heterocycles. The number of hydrogen-bond acceptors (Lipinski definition) is 5. The van der Waals surface area contributed by atoms with Crippen LogP contribution in [0.5, 0.6) is 0 Å². The molecule has 1 aromatic rings. The molecule has 0 bridgehead atoms. The molecule has 1 unspecified atom stereocenters. The first kappa shape index (κ1) is 28.3. The quantitative estimate of drug-likeness (QED) is 0.251. The van der Waals surface area contributed by atoms with Crippen LogP contribution in [-0.4, -0.2) is 60.3 Å². The van der Waals surface area contributed by atoms with Gasteiger partial charge >= 0.3 is 0 Å². The van der Waals surface area contributed by atoms with Gasteiger partial charge in [-0.3, -0.25) is 14.4 Å². The van der Waals surface area contributed by atoms with Gasteiger partial charge in [0.25, 0.3) is 5.91 Å². The predicted octanol–water partition coefficient (Wildman–Crippen LogP) is 2.66. The Hall–Kier alpha value is -0.780. The topological polar surface area (TPSA) is 110 Å². The molecule has 0 aliphatic rings. The van der Waals surface area contributed by atoms with Crippen molar-refractivity contribution in [2.75, 3.05) is 36.0 Å². The highest BCUT2D eigenvalue weighted by Gasteiger charge is 2.31. The van der Waals surface area contributed by atoms with Crippen LogP contribution in [0.3, 0.4) is 0 Å². The van der Waals surface area contributed by atoms with Gasteiger partial charge in [0.2, 0.25) is 11.8 Å². The largest absolute Gasteiger partial charge is 0.394 e. The molecular formula is C20H24I3N3O5. The van der Waals surface area contributed by atoms with Crippen molar-refractivity contribution in [1.29, 1.82) is 0 Å². The maximum Gasteiger partial charge on any atom is 0.253 e. The SMILES string of the molecule is C=CCN(C(C)=O)c1c(I)c(C(=O)NCC(O)CO)c(I)c(N(CC=C)C(C)=O)c1I. The van der Waals surface area contributed by atoms with E-state index in [2.05, 4.69) is 41.1 Å². The Morgan fingerprint density at radius 1 is 0.968 bits per heavy atom. The van der Waals surface area contributed by atoms with Crippen molar-refractivity contribution in [2.24, 2.45) is 0 Å². The number of benzene rings is 1. The lowest BCUT2D eigenvalue weighted by Crippen LogP contribution is -2.37. The number of anilines is 2. The standard InChI is InChI=1S/C20H24I3N3O5/c1-5-7-25(11(3)28)18-15(21)14(20(31)24-9-13(30)10-27)16(22)19(17(18)23)26(8-6-2)12(4)29/h5-6,13,27,30H,1-2,7-10H2,3-4H3,(H,24,31). The van der Waals surface area contributed by atoms with E-state index in [0.717, 1.165) is 0 Å². The van der Waals surface area contributed by atoms with Crippen molar-refractivity contribution in [3.05, 3.63) is 41.6 Å². The van der Waals surface area contributed by atoms with E-state index < -0.39 is 18.6 Å². The van der Waals surface area contributed by atoms with Gasteiger partial charge in [0, 0.05) is 33.5 Å². The van der Waals surface area contributed by atoms with E-state index in [4.69, 9.17) is 5.11 Å². The van der Waals surface area contributed by atoms with Crippen molar-refractivity contribution < 1.29 is 24.6 Å². The number of rotatable bonds is 10. The second-order valence-corrected chi connectivity index (χ2v) is 9.63. The molecule has 31 heavy (non-hydrogen) atoms. The first-order valence-electron chi connectivity index (χ1n) is 9.08. The number of nitrogens with one attached hydrogen (secondary N) is 1. The van der Waals surface area contributed by atoms with E-state index in [1.54, 1.807) is 12.2 Å². The van der Waals surface area contributed by atoms with Gasteiger partial charge in [-0.15, -0.1) is 13.2 Å². The number of aliphatic hydroxyl groups is 2. The Morgan fingerprint density at radius 2 is 1.39 bits per heavy atom. The van der Waals surface area contributed by atoms with Crippen molar-refractivity contribution in [1.82, 2.24) is 5.32 Å². The van der Waals surface area contributed by atoms with Crippen LogP contribution in [0.4, 0.5) is 11.4 Å². The van der Waals surface area contributed by atoms with Gasteiger partial charge in [-0.1, -0.05) is 12.2 Å². The molecule has 0 fully saturated rings. The molecule has 0 heterocycles. The highest BCUT2D eigenvalue weighted by Crippen LogP contribution is 2.42. The maximum absolute atomic E-state index is 13.1. The fourth-order valence-electron chi connectivity index (χ4n) is 2.69. The van der Waals surface area contributed by atoms with E-state index in [0.29, 0.717) is 22.1 Å². The Balaban J connectivity index is 3.89. The molecule has 3 N–H and O–H groups in total. The molecule has 3 amide bonds. The zero-order chi connectivity index (χ0) is 23.9. The van der Waals surface area contributed by atoms with Crippen molar-refractivity contribution >= 4 is 96.9 Å². The summed E-state index contributed by atoms with van der Waals surface area (Å²) in [6.07, 6.45) is 2.05. The smallest absolute Gasteiger partial charge is 0.253 e. The first-order valence-corrected chi connectivity index (χ1v) is 12.3. The summed E-state index contributed by atoms with van der Waals surface area (Å²) in [5.74, 6) is -0.990. The number of aliphatic hydroxyl groups excluding tert-OH is 2. The number of amides is 3. The second-order valence-electron chi connectivity index (χ2n) is 6.40. The third kappa shape index (κ3) is 6.85. The molecule has 170 valence electrons. The average molecular weight is 767 g/mol. The van der Waals surface area contributed by atoms with Crippen LogP contribution in [-0.2, 0) is 9.59 Å². The van der Waals surface area contributed by atoms with Gasteiger partial charge in [0.15, 0.2) is 0 Å². The van der Waals surface area contributed by atoms with E-state index in [9.17, 15) is 19.5 Å². The normalized spacial score (nSPS) is 11.5. The summed E-state index contributed by atoms with van der Waals surface area (Å²) < 4.78 is 1.67. The van der Waals surface area contributed by atoms with Crippen LogP contribution >= 0.6 is 67.8 Å². The fourth-order valence-corrected chi connectivity index (χ4v) is 7.51. The number of nitrogens with zero attached hydrogens (tertiary/aromatic N) is 2. The van der Waals surface area contributed by atoms with Gasteiger partial charge in [-0.05, 0) is 67.8 Å². The molecule has 0 aromatic heterocycles. The number of halogens is 3. The summed E-state index contributed by atoms with van der Waals surface area (Å²) >= 11 is 6.09. The van der Waals surface area contributed by atoms with Crippen LogP contribution in [0, 0.1) is 10.7 Å². The molecular weight excluding hydrogens is 743 g/mol. The number of hydrogen-bond donors (Lipinski definition) is 3. The Labute approximate surface area is 222 Å². The molecule has 0 aliphatic heterocycles. The molecule has 0 spiro atoms. The Bertz CT molecular complexity index is 836. The fraction of sp³-hybridized carbons (Fsp3) is 0.350. The molecule has 0 radical (unpaired) electrons. The van der Waals surface area contributed by atoms with Crippen LogP contribution in [0.1, 0.15) is 24.2 Å². The van der Waals surface area contributed by atoms with Crippen LogP contribution in [0.15, 0.2) is 25.3 Å². The van der Waals surface area contributed by atoms with Crippen molar-refractivity contribution in [3.8, 4) is 0 Å². The minimum Gasteiger partial charge on any atom is -0.394 e. The highest BCUT2D eigenvalue weighted by atomic mass is 127. The van der Waals surface area contributed by atoms with E-state index in [1.165, 1.54) is 23.6 Å². The second kappa shape index (κ2) is 13.1. The number of carbonyl (C=O) groups excluding carboxylic acids is 3. The van der Waals surface area contributed by atoms with Crippen molar-refractivity contribution in [2.45, 2.75) is 20.0 Å². The van der Waals surface area contributed by atoms with E-state index in [1.807, 2.05) is 45.2 Å².